The molecule has 140 valence electrons. The van der Waals surface area contributed by atoms with Gasteiger partial charge in [0.25, 0.3) is 0 Å². The van der Waals surface area contributed by atoms with Crippen molar-refractivity contribution in [2.24, 2.45) is 0 Å². The Morgan fingerprint density at radius 3 is 2.85 bits per heavy atom. The third-order valence-electron chi connectivity index (χ3n) is 4.52. The maximum Gasteiger partial charge on any atom is 0.232 e. The van der Waals surface area contributed by atoms with Gasteiger partial charge in [0, 0.05) is 18.5 Å². The summed E-state index contributed by atoms with van der Waals surface area (Å²) in [5.74, 6) is 2.56. The summed E-state index contributed by atoms with van der Waals surface area (Å²) in [5.41, 5.74) is 0.852. The Hall–Kier alpha value is -3.09. The van der Waals surface area contributed by atoms with Gasteiger partial charge in [-0.3, -0.25) is 4.79 Å². The number of aromatic nitrogens is 2. The summed E-state index contributed by atoms with van der Waals surface area (Å²) in [4.78, 5) is 18.5. The number of rotatable bonds is 7. The third-order valence-corrected chi connectivity index (χ3v) is 4.52. The van der Waals surface area contributed by atoms with Crippen molar-refractivity contribution < 1.29 is 18.5 Å². The second kappa shape index (κ2) is 7.65. The van der Waals surface area contributed by atoms with Crippen LogP contribution in [0.2, 0.25) is 0 Å². The van der Waals surface area contributed by atoms with Crippen molar-refractivity contribution in [3.8, 4) is 17.1 Å². The van der Waals surface area contributed by atoms with E-state index in [4.69, 9.17) is 13.7 Å². The normalized spacial score (nSPS) is 16.9. The van der Waals surface area contributed by atoms with Crippen LogP contribution in [0.4, 0.5) is 0 Å². The molecule has 2 aromatic heterocycles. The Morgan fingerprint density at radius 2 is 2.11 bits per heavy atom. The summed E-state index contributed by atoms with van der Waals surface area (Å²) in [6, 6.07) is 11.3. The van der Waals surface area contributed by atoms with Crippen molar-refractivity contribution in [1.29, 1.82) is 0 Å². The van der Waals surface area contributed by atoms with Gasteiger partial charge < -0.3 is 18.6 Å². The molecule has 0 N–H and O–H groups in total. The van der Waals surface area contributed by atoms with E-state index in [0.717, 1.165) is 23.5 Å². The van der Waals surface area contributed by atoms with Crippen LogP contribution in [-0.4, -0.2) is 34.1 Å². The lowest BCUT2D eigenvalue weighted by Gasteiger charge is -2.13. The number of carbonyl (C=O) groups is 1. The molecule has 1 atom stereocenters. The fourth-order valence-corrected chi connectivity index (χ4v) is 3.12. The zero-order chi connectivity index (χ0) is 18.6. The molecule has 4 rings (SSSR count). The molecule has 7 nitrogen and oxygen atoms in total. The highest BCUT2D eigenvalue weighted by Gasteiger charge is 2.34. The first-order chi connectivity index (χ1) is 13.2. The largest absolute Gasteiger partial charge is 0.494 e. The van der Waals surface area contributed by atoms with E-state index in [1.807, 2.05) is 36.4 Å². The zero-order valence-corrected chi connectivity index (χ0v) is 15.1. The van der Waals surface area contributed by atoms with Gasteiger partial charge in [-0.25, -0.2) is 0 Å². The quantitative estimate of drug-likeness (QED) is 0.634. The van der Waals surface area contributed by atoms with E-state index >= 15 is 0 Å². The maximum atomic E-state index is 12.3. The van der Waals surface area contributed by atoms with Crippen molar-refractivity contribution in [3.05, 3.63) is 54.3 Å². The minimum Gasteiger partial charge on any atom is -0.494 e. The molecule has 1 unspecified atom stereocenters. The van der Waals surface area contributed by atoms with E-state index in [1.54, 1.807) is 11.2 Å². The first-order valence-corrected chi connectivity index (χ1v) is 9.10. The molecule has 1 aliphatic heterocycles. The first kappa shape index (κ1) is 17.3. The second-order valence-corrected chi connectivity index (χ2v) is 6.58. The molecule has 1 fully saturated rings. The van der Waals surface area contributed by atoms with E-state index < -0.39 is 0 Å². The molecule has 0 spiro atoms. The van der Waals surface area contributed by atoms with E-state index in [-0.39, 0.29) is 11.8 Å². The highest BCUT2D eigenvalue weighted by Crippen LogP contribution is 2.30. The van der Waals surface area contributed by atoms with Crippen molar-refractivity contribution in [2.75, 3.05) is 13.2 Å². The van der Waals surface area contributed by atoms with Gasteiger partial charge in [0.15, 0.2) is 0 Å². The molecule has 0 aliphatic carbocycles. The van der Waals surface area contributed by atoms with Crippen LogP contribution in [0.3, 0.4) is 0 Å². The van der Waals surface area contributed by atoms with Crippen LogP contribution in [0.25, 0.3) is 11.4 Å². The number of carbonyl (C=O) groups excluding carboxylic acids is 1. The molecule has 0 bridgehead atoms. The van der Waals surface area contributed by atoms with E-state index in [1.165, 1.54) is 0 Å². The number of amides is 1. The summed E-state index contributed by atoms with van der Waals surface area (Å²) < 4.78 is 16.3. The zero-order valence-electron chi connectivity index (χ0n) is 15.1. The molecule has 0 radical (unpaired) electrons. The molecule has 0 saturated carbocycles. The van der Waals surface area contributed by atoms with E-state index in [0.29, 0.717) is 37.8 Å². The molecular weight excluding hydrogens is 346 g/mol. The lowest BCUT2D eigenvalue weighted by atomic mass is 10.1. The number of hydrogen-bond acceptors (Lipinski definition) is 6. The lowest BCUT2D eigenvalue weighted by Crippen LogP contribution is -2.24. The summed E-state index contributed by atoms with van der Waals surface area (Å²) >= 11 is 0. The SMILES string of the molecule is CCCOc1ccc(-c2noc(C3CC(=O)N(Cc4ccco4)C3)n2)cc1. The highest BCUT2D eigenvalue weighted by atomic mass is 16.5. The average molecular weight is 367 g/mol. The summed E-state index contributed by atoms with van der Waals surface area (Å²) in [6.45, 7) is 3.77. The van der Waals surface area contributed by atoms with Crippen LogP contribution < -0.4 is 4.74 Å². The van der Waals surface area contributed by atoms with Crippen LogP contribution in [0.1, 0.15) is 37.3 Å². The van der Waals surface area contributed by atoms with Gasteiger partial charge in [0.1, 0.15) is 11.5 Å². The first-order valence-electron chi connectivity index (χ1n) is 9.10. The molecule has 1 aromatic carbocycles. The fraction of sp³-hybridized carbons (Fsp3) is 0.350. The topological polar surface area (TPSA) is 81.6 Å². The molecule has 1 saturated heterocycles. The maximum absolute atomic E-state index is 12.3. The predicted octanol–water partition coefficient (Wildman–Crippen LogP) is 3.63. The monoisotopic (exact) mass is 367 g/mol. The third kappa shape index (κ3) is 3.86. The Bertz CT molecular complexity index is 886. The fourth-order valence-electron chi connectivity index (χ4n) is 3.12. The smallest absolute Gasteiger partial charge is 0.232 e. The lowest BCUT2D eigenvalue weighted by molar-refractivity contribution is -0.128. The van der Waals surface area contributed by atoms with Crippen molar-refractivity contribution in [3.63, 3.8) is 0 Å². The minimum atomic E-state index is -0.0964. The molecule has 1 amide bonds. The predicted molar refractivity (Wildman–Crippen MR) is 97.0 cm³/mol. The number of nitrogens with zero attached hydrogens (tertiary/aromatic N) is 3. The molecule has 27 heavy (non-hydrogen) atoms. The average Bonchev–Trinajstić information content (AvgIpc) is 3.43. The van der Waals surface area contributed by atoms with Gasteiger partial charge in [-0.15, -0.1) is 0 Å². The van der Waals surface area contributed by atoms with E-state index in [2.05, 4.69) is 17.1 Å². The van der Waals surface area contributed by atoms with Crippen molar-refractivity contribution in [2.45, 2.75) is 32.2 Å². The van der Waals surface area contributed by atoms with Crippen molar-refractivity contribution in [1.82, 2.24) is 15.0 Å². The molecule has 3 aromatic rings. The molecule has 3 heterocycles. The number of ether oxygens (including phenoxy) is 1. The van der Waals surface area contributed by atoms with Gasteiger partial charge >= 0.3 is 0 Å². The molecule has 7 heteroatoms. The van der Waals surface area contributed by atoms with Crippen LogP contribution in [0, 0.1) is 0 Å². The second-order valence-electron chi connectivity index (χ2n) is 6.58. The Kier molecular flexibility index (Phi) is 4.91. The van der Waals surface area contributed by atoms with Gasteiger partial charge in [-0.2, -0.15) is 4.98 Å². The standard InChI is InChI=1S/C20H21N3O4/c1-2-9-25-16-7-5-14(6-8-16)19-21-20(27-22-19)15-11-18(24)23(12-15)13-17-4-3-10-26-17/h3-8,10,15H,2,9,11-13H2,1H3. The Balaban J connectivity index is 1.42. The molecular formula is C20H21N3O4. The molecule has 1 aliphatic rings. The number of furan rings is 1. The summed E-state index contributed by atoms with van der Waals surface area (Å²) in [7, 11) is 0. The number of benzene rings is 1. The number of hydrogen-bond donors (Lipinski definition) is 0. The van der Waals surface area contributed by atoms with Gasteiger partial charge in [-0.05, 0) is 42.8 Å². The van der Waals surface area contributed by atoms with Crippen LogP contribution in [0.5, 0.6) is 5.75 Å². The number of likely N-dealkylation sites (tertiary alicyclic amines) is 1. The van der Waals surface area contributed by atoms with Gasteiger partial charge in [0.2, 0.25) is 17.6 Å². The van der Waals surface area contributed by atoms with Crippen LogP contribution >= 0.6 is 0 Å². The Morgan fingerprint density at radius 1 is 1.26 bits per heavy atom. The van der Waals surface area contributed by atoms with Gasteiger partial charge in [-0.1, -0.05) is 12.1 Å². The van der Waals surface area contributed by atoms with Gasteiger partial charge in [0.05, 0.1) is 25.3 Å². The summed E-state index contributed by atoms with van der Waals surface area (Å²) in [5, 5.41) is 4.07. The van der Waals surface area contributed by atoms with Crippen molar-refractivity contribution >= 4 is 5.91 Å². The van der Waals surface area contributed by atoms with E-state index in [9.17, 15) is 4.79 Å². The summed E-state index contributed by atoms with van der Waals surface area (Å²) in [6.07, 6.45) is 2.94. The minimum absolute atomic E-state index is 0.0635. The van der Waals surface area contributed by atoms with Crippen LogP contribution in [0.15, 0.2) is 51.6 Å². The Labute approximate surface area is 156 Å². The van der Waals surface area contributed by atoms with Crippen LogP contribution in [-0.2, 0) is 11.3 Å². The highest BCUT2D eigenvalue weighted by molar-refractivity contribution is 5.79.